The monoisotopic (exact) mass is 536 g/mol. The number of esters is 1. The largest absolute Gasteiger partial charge is 0.466 e. The highest BCUT2D eigenvalue weighted by molar-refractivity contribution is 5.95. The Labute approximate surface area is 238 Å². The lowest BCUT2D eigenvalue weighted by atomic mass is 9.84. The van der Waals surface area contributed by atoms with Gasteiger partial charge < -0.3 is 14.5 Å². The molecule has 1 fully saturated rings. The number of hydrogen-bond acceptors (Lipinski definition) is 4. The molecule has 0 bridgehead atoms. The topological polar surface area (TPSA) is 49.9 Å². The van der Waals surface area contributed by atoms with Gasteiger partial charge in [0.2, 0.25) is 5.91 Å². The molecule has 0 radical (unpaired) electrons. The number of amides is 1. The molecule has 0 aliphatic heterocycles. The van der Waals surface area contributed by atoms with Crippen LogP contribution < -0.4 is 4.90 Å². The van der Waals surface area contributed by atoms with Gasteiger partial charge in [0.25, 0.3) is 0 Å². The third-order valence-corrected chi connectivity index (χ3v) is 8.15. The van der Waals surface area contributed by atoms with Crippen LogP contribution in [0, 0.1) is 5.92 Å². The number of fused-ring (bicyclic) bond motifs is 3. The normalized spacial score (nSPS) is 15.1. The Morgan fingerprint density at radius 2 is 1.50 bits per heavy atom. The van der Waals surface area contributed by atoms with Crippen molar-refractivity contribution in [2.24, 2.45) is 5.92 Å². The van der Waals surface area contributed by atoms with Gasteiger partial charge in [-0.05, 0) is 96.9 Å². The van der Waals surface area contributed by atoms with Gasteiger partial charge in [-0.2, -0.15) is 0 Å². The number of anilines is 1. The molecule has 208 valence electrons. The fourth-order valence-corrected chi connectivity index (χ4v) is 6.14. The van der Waals surface area contributed by atoms with Crippen LogP contribution in [0.2, 0.25) is 0 Å². The quantitative estimate of drug-likeness (QED) is 0.234. The highest BCUT2D eigenvalue weighted by Crippen LogP contribution is 2.36. The molecular weight excluding hydrogens is 496 g/mol. The van der Waals surface area contributed by atoms with Gasteiger partial charge in [0.1, 0.15) is 0 Å². The second-order valence-corrected chi connectivity index (χ2v) is 11.4. The minimum atomic E-state index is -0.398. The Bertz CT molecular complexity index is 1400. The van der Waals surface area contributed by atoms with Gasteiger partial charge in [0, 0.05) is 24.2 Å². The Morgan fingerprint density at radius 1 is 0.850 bits per heavy atom. The maximum absolute atomic E-state index is 13.9. The first-order chi connectivity index (χ1) is 19.4. The predicted molar refractivity (Wildman–Crippen MR) is 162 cm³/mol. The van der Waals surface area contributed by atoms with E-state index in [1.54, 1.807) is 6.08 Å². The van der Waals surface area contributed by atoms with Crippen molar-refractivity contribution in [2.75, 3.05) is 26.1 Å². The molecule has 0 heterocycles. The first kappa shape index (κ1) is 27.9. The molecule has 1 amide bonds. The summed E-state index contributed by atoms with van der Waals surface area (Å²) in [4.78, 5) is 29.7. The maximum Gasteiger partial charge on any atom is 0.330 e. The molecule has 0 N–H and O–H groups in total. The number of methoxy groups -OCH3 is 1. The Morgan fingerprint density at radius 3 is 2.12 bits per heavy atom. The van der Waals surface area contributed by atoms with Crippen LogP contribution in [0.1, 0.15) is 59.9 Å². The molecule has 5 heteroatoms. The summed E-state index contributed by atoms with van der Waals surface area (Å²) in [6.45, 7) is 1.48. The third kappa shape index (κ3) is 6.53. The van der Waals surface area contributed by atoms with Gasteiger partial charge in [0.15, 0.2) is 0 Å². The molecule has 3 aromatic rings. The zero-order valence-electron chi connectivity index (χ0n) is 24.0. The van der Waals surface area contributed by atoms with Gasteiger partial charge >= 0.3 is 5.97 Å². The van der Waals surface area contributed by atoms with Crippen molar-refractivity contribution in [3.05, 3.63) is 94.6 Å². The predicted octanol–water partition coefficient (Wildman–Crippen LogP) is 6.81. The van der Waals surface area contributed by atoms with Crippen LogP contribution in [0.15, 0.2) is 66.7 Å². The smallest absolute Gasteiger partial charge is 0.330 e. The summed E-state index contributed by atoms with van der Waals surface area (Å²) < 4.78 is 4.74. The van der Waals surface area contributed by atoms with Crippen LogP contribution in [0.3, 0.4) is 0 Å². The second kappa shape index (κ2) is 12.6. The maximum atomic E-state index is 13.9. The van der Waals surface area contributed by atoms with Crippen LogP contribution in [0.4, 0.5) is 5.69 Å². The average Bonchev–Trinajstić information content (AvgIpc) is 2.98. The molecule has 0 aromatic heterocycles. The lowest BCUT2D eigenvalue weighted by Gasteiger charge is -2.30. The van der Waals surface area contributed by atoms with Crippen molar-refractivity contribution in [3.8, 4) is 11.1 Å². The SMILES string of the molecule is COC(=O)/C=C/c1cccc(N(Cc2ccc3c(c2)CCc2cc(CN(C)C)ccc2-3)C(=O)C2CCCCC2)c1. The summed E-state index contributed by atoms with van der Waals surface area (Å²) in [7, 11) is 5.58. The fourth-order valence-electron chi connectivity index (χ4n) is 6.14. The molecule has 2 aliphatic rings. The van der Waals surface area contributed by atoms with E-state index in [0.29, 0.717) is 6.54 Å². The Hall–Kier alpha value is -3.70. The number of ether oxygens (including phenoxy) is 1. The fraction of sp³-hybridized carbons (Fsp3) is 0.371. The summed E-state index contributed by atoms with van der Waals surface area (Å²) in [6, 6.07) is 21.5. The van der Waals surface area contributed by atoms with Gasteiger partial charge in [-0.15, -0.1) is 0 Å². The molecular formula is C35H40N2O3. The molecule has 0 saturated heterocycles. The summed E-state index contributed by atoms with van der Waals surface area (Å²) in [6.07, 6.45) is 10.5. The first-order valence-electron chi connectivity index (χ1n) is 14.5. The van der Waals surface area contributed by atoms with Crippen LogP contribution in [-0.2, 0) is 40.3 Å². The van der Waals surface area contributed by atoms with Crippen molar-refractivity contribution in [3.63, 3.8) is 0 Å². The minimum Gasteiger partial charge on any atom is -0.466 e. The molecule has 1 saturated carbocycles. The molecule has 3 aromatic carbocycles. The van der Waals surface area contributed by atoms with Crippen molar-refractivity contribution in [1.29, 1.82) is 0 Å². The van der Waals surface area contributed by atoms with Gasteiger partial charge in [-0.25, -0.2) is 4.79 Å². The lowest BCUT2D eigenvalue weighted by Crippen LogP contribution is -2.36. The van der Waals surface area contributed by atoms with Crippen LogP contribution in [0.25, 0.3) is 17.2 Å². The number of hydrogen-bond donors (Lipinski definition) is 0. The zero-order valence-corrected chi connectivity index (χ0v) is 24.0. The van der Waals surface area contributed by atoms with Gasteiger partial charge in [-0.3, -0.25) is 4.79 Å². The van der Waals surface area contributed by atoms with E-state index in [1.165, 1.54) is 47.4 Å². The van der Waals surface area contributed by atoms with E-state index in [1.807, 2.05) is 29.2 Å². The van der Waals surface area contributed by atoms with Crippen molar-refractivity contribution < 1.29 is 14.3 Å². The summed E-state index contributed by atoms with van der Waals surface area (Å²) in [5.41, 5.74) is 9.63. The van der Waals surface area contributed by atoms with Crippen LogP contribution >= 0.6 is 0 Å². The van der Waals surface area contributed by atoms with E-state index < -0.39 is 5.97 Å². The van der Waals surface area contributed by atoms with Crippen molar-refractivity contribution >= 4 is 23.6 Å². The van der Waals surface area contributed by atoms with Gasteiger partial charge in [0.05, 0.1) is 13.7 Å². The van der Waals surface area contributed by atoms with E-state index in [0.717, 1.165) is 61.9 Å². The average molecular weight is 537 g/mol. The Balaban J connectivity index is 1.43. The van der Waals surface area contributed by atoms with Crippen LogP contribution in [-0.4, -0.2) is 38.0 Å². The van der Waals surface area contributed by atoms with Crippen molar-refractivity contribution in [2.45, 2.75) is 58.0 Å². The number of aryl methyl sites for hydroxylation is 2. The highest BCUT2D eigenvalue weighted by atomic mass is 16.5. The molecule has 0 atom stereocenters. The summed E-state index contributed by atoms with van der Waals surface area (Å²) in [5.74, 6) is -0.140. The standard InChI is InChI=1S/C35H40N2O3/c1-36(2)23-26-12-17-32-29(20-26)15-16-30-21-27(13-18-33(30)32)24-37(35(39)28-9-5-4-6-10-28)31-11-7-8-25(22-31)14-19-34(38)40-3/h7-8,11-14,17-22,28H,4-6,9-10,15-16,23-24H2,1-3H3/b19-14+. The van der Waals surface area contributed by atoms with Crippen LogP contribution in [0.5, 0.6) is 0 Å². The number of nitrogens with zero attached hydrogens (tertiary/aromatic N) is 2. The zero-order chi connectivity index (χ0) is 28.1. The number of carbonyl (C=O) groups excluding carboxylic acids is 2. The van der Waals surface area contributed by atoms with E-state index in [9.17, 15) is 9.59 Å². The molecule has 0 unspecified atom stereocenters. The molecule has 40 heavy (non-hydrogen) atoms. The number of carbonyl (C=O) groups is 2. The second-order valence-electron chi connectivity index (χ2n) is 11.4. The van der Waals surface area contributed by atoms with Crippen molar-refractivity contribution in [1.82, 2.24) is 4.90 Å². The summed E-state index contributed by atoms with van der Waals surface area (Å²) >= 11 is 0. The van der Waals surface area contributed by atoms with E-state index in [2.05, 4.69) is 55.4 Å². The minimum absolute atomic E-state index is 0.0592. The van der Waals surface area contributed by atoms with E-state index in [-0.39, 0.29) is 11.8 Å². The molecule has 0 spiro atoms. The molecule has 5 nitrogen and oxygen atoms in total. The molecule has 5 rings (SSSR count). The molecule has 2 aliphatic carbocycles. The third-order valence-electron chi connectivity index (χ3n) is 8.15. The number of benzene rings is 3. The lowest BCUT2D eigenvalue weighted by molar-refractivity contribution is -0.134. The van der Waals surface area contributed by atoms with Gasteiger partial charge in [-0.1, -0.05) is 67.8 Å². The summed E-state index contributed by atoms with van der Waals surface area (Å²) in [5, 5.41) is 0. The van der Waals surface area contributed by atoms with E-state index >= 15 is 0 Å². The highest BCUT2D eigenvalue weighted by Gasteiger charge is 2.28. The number of rotatable bonds is 8. The Kier molecular flexibility index (Phi) is 8.81. The van der Waals surface area contributed by atoms with E-state index in [4.69, 9.17) is 4.74 Å². The first-order valence-corrected chi connectivity index (χ1v) is 14.5.